The molecule has 1 aromatic heterocycles. The minimum Gasteiger partial charge on any atom is -0.454 e. The summed E-state index contributed by atoms with van der Waals surface area (Å²) in [6, 6.07) is 9.66. The largest absolute Gasteiger partial charge is 0.454 e. The van der Waals surface area contributed by atoms with Crippen molar-refractivity contribution < 1.29 is 14.3 Å². The number of nitrogens with zero attached hydrogens (tertiary/aromatic N) is 2. The van der Waals surface area contributed by atoms with Crippen molar-refractivity contribution in [1.82, 2.24) is 9.88 Å². The van der Waals surface area contributed by atoms with E-state index in [0.29, 0.717) is 13.1 Å². The van der Waals surface area contributed by atoms with Crippen LogP contribution in [0.3, 0.4) is 0 Å². The molecule has 136 valence electrons. The molecule has 2 aromatic rings. The second-order valence-corrected chi connectivity index (χ2v) is 7.38. The molecular formula is C20H22N2O3S. The third-order valence-corrected chi connectivity index (χ3v) is 5.16. The van der Waals surface area contributed by atoms with Crippen LogP contribution in [-0.2, 0) is 17.9 Å². The van der Waals surface area contributed by atoms with Crippen LogP contribution in [0.4, 0.5) is 0 Å². The minimum atomic E-state index is -0.140. The van der Waals surface area contributed by atoms with Crippen LogP contribution in [-0.4, -0.2) is 33.6 Å². The first-order valence-electron chi connectivity index (χ1n) is 8.46. The average Bonchev–Trinajstić information content (AvgIpc) is 3.13. The Morgan fingerprint density at radius 2 is 2.12 bits per heavy atom. The summed E-state index contributed by atoms with van der Waals surface area (Å²) in [6.45, 7) is 6.92. The lowest BCUT2D eigenvalue weighted by Crippen LogP contribution is -2.35. The van der Waals surface area contributed by atoms with Gasteiger partial charge in [-0.2, -0.15) is 0 Å². The molecule has 0 N–H and O–H groups in total. The van der Waals surface area contributed by atoms with Crippen molar-refractivity contribution in [3.63, 3.8) is 0 Å². The fourth-order valence-corrected chi connectivity index (χ4v) is 3.44. The van der Waals surface area contributed by atoms with E-state index < -0.39 is 0 Å². The van der Waals surface area contributed by atoms with Crippen LogP contribution in [0.1, 0.15) is 18.1 Å². The fourth-order valence-electron chi connectivity index (χ4n) is 2.72. The number of benzene rings is 1. The molecule has 3 rings (SSSR count). The first kappa shape index (κ1) is 18.3. The van der Waals surface area contributed by atoms with E-state index in [0.717, 1.165) is 28.4 Å². The van der Waals surface area contributed by atoms with Crippen molar-refractivity contribution in [2.24, 2.45) is 0 Å². The SMILES string of the molecule is C=CCS[C@H](C)C(=O)N(Cc1cccnc1)Cc1ccc2c(c1)OCO2. The van der Waals surface area contributed by atoms with E-state index in [1.54, 1.807) is 24.2 Å². The van der Waals surface area contributed by atoms with Crippen molar-refractivity contribution >= 4 is 17.7 Å². The molecule has 26 heavy (non-hydrogen) atoms. The molecular weight excluding hydrogens is 348 g/mol. The maximum absolute atomic E-state index is 13.0. The molecule has 1 aromatic carbocycles. The summed E-state index contributed by atoms with van der Waals surface area (Å²) in [4.78, 5) is 19.0. The van der Waals surface area contributed by atoms with Gasteiger partial charge in [0.2, 0.25) is 12.7 Å². The fraction of sp³-hybridized carbons (Fsp3) is 0.300. The lowest BCUT2D eigenvalue weighted by molar-refractivity contribution is -0.131. The van der Waals surface area contributed by atoms with Gasteiger partial charge in [-0.05, 0) is 36.2 Å². The maximum Gasteiger partial charge on any atom is 0.236 e. The number of hydrogen-bond acceptors (Lipinski definition) is 5. The summed E-state index contributed by atoms with van der Waals surface area (Å²) >= 11 is 1.58. The van der Waals surface area contributed by atoms with Crippen molar-refractivity contribution in [1.29, 1.82) is 0 Å². The molecule has 6 heteroatoms. The quantitative estimate of drug-likeness (QED) is 0.664. The number of hydrogen-bond donors (Lipinski definition) is 0. The number of thioether (sulfide) groups is 1. The first-order valence-corrected chi connectivity index (χ1v) is 9.51. The minimum absolute atomic E-state index is 0.0957. The molecule has 0 spiro atoms. The highest BCUT2D eigenvalue weighted by Gasteiger charge is 2.22. The smallest absolute Gasteiger partial charge is 0.236 e. The third kappa shape index (κ3) is 4.58. The number of aromatic nitrogens is 1. The number of amides is 1. The Bertz CT molecular complexity index is 767. The predicted octanol–water partition coefficient (Wildman–Crippen LogP) is 3.65. The molecule has 0 aliphatic carbocycles. The molecule has 0 fully saturated rings. The molecule has 0 radical (unpaired) electrons. The van der Waals surface area contributed by atoms with E-state index in [1.165, 1.54) is 0 Å². The molecule has 5 nitrogen and oxygen atoms in total. The van der Waals surface area contributed by atoms with Gasteiger partial charge in [0.25, 0.3) is 0 Å². The molecule has 1 aliphatic heterocycles. The van der Waals surface area contributed by atoms with Gasteiger partial charge < -0.3 is 14.4 Å². The first-order chi connectivity index (χ1) is 12.7. The van der Waals surface area contributed by atoms with Crippen molar-refractivity contribution in [3.05, 3.63) is 66.5 Å². The van der Waals surface area contributed by atoms with E-state index in [2.05, 4.69) is 11.6 Å². The van der Waals surface area contributed by atoms with Gasteiger partial charge in [0.15, 0.2) is 11.5 Å². The highest BCUT2D eigenvalue weighted by Crippen LogP contribution is 2.33. The Morgan fingerprint density at radius 3 is 2.88 bits per heavy atom. The Labute approximate surface area is 158 Å². The Hall–Kier alpha value is -2.47. The number of ether oxygens (including phenoxy) is 2. The molecule has 1 amide bonds. The standard InChI is InChI=1S/C20H22N2O3S/c1-3-9-26-15(2)20(23)22(13-17-5-4-8-21-11-17)12-16-6-7-18-19(10-16)25-14-24-18/h3-8,10-11,15H,1,9,12-14H2,2H3/t15-/m1/s1. The van der Waals surface area contributed by atoms with Crippen LogP contribution >= 0.6 is 11.8 Å². The monoisotopic (exact) mass is 370 g/mol. The second kappa shape index (κ2) is 8.76. The number of pyridine rings is 1. The van der Waals surface area contributed by atoms with Crippen LogP contribution < -0.4 is 9.47 Å². The summed E-state index contributed by atoms with van der Waals surface area (Å²) in [5.41, 5.74) is 2.01. The van der Waals surface area contributed by atoms with Gasteiger partial charge in [-0.3, -0.25) is 9.78 Å². The number of rotatable bonds is 8. The zero-order valence-corrected chi connectivity index (χ0v) is 15.6. The van der Waals surface area contributed by atoms with Crippen LogP contribution in [0.15, 0.2) is 55.4 Å². The summed E-state index contributed by atoms with van der Waals surface area (Å²) < 4.78 is 10.8. The van der Waals surface area contributed by atoms with Crippen molar-refractivity contribution in [2.75, 3.05) is 12.5 Å². The number of carbonyl (C=O) groups excluding carboxylic acids is 1. The summed E-state index contributed by atoms with van der Waals surface area (Å²) in [7, 11) is 0. The lowest BCUT2D eigenvalue weighted by Gasteiger charge is -2.26. The van der Waals surface area contributed by atoms with Gasteiger partial charge in [0, 0.05) is 31.2 Å². The predicted molar refractivity (Wildman–Crippen MR) is 103 cm³/mol. The van der Waals surface area contributed by atoms with Gasteiger partial charge in [-0.15, -0.1) is 18.3 Å². The lowest BCUT2D eigenvalue weighted by atomic mass is 10.1. The zero-order valence-electron chi connectivity index (χ0n) is 14.8. The topological polar surface area (TPSA) is 51.7 Å². The number of fused-ring (bicyclic) bond motifs is 1. The number of carbonyl (C=O) groups is 1. The van der Waals surface area contributed by atoms with Crippen LogP contribution in [0.5, 0.6) is 11.5 Å². The molecule has 0 saturated heterocycles. The Morgan fingerprint density at radius 1 is 1.31 bits per heavy atom. The van der Waals surface area contributed by atoms with Gasteiger partial charge >= 0.3 is 0 Å². The van der Waals surface area contributed by atoms with Gasteiger partial charge in [0.05, 0.1) is 5.25 Å². The summed E-state index contributed by atoms with van der Waals surface area (Å²) in [5, 5.41) is -0.140. The highest BCUT2D eigenvalue weighted by molar-refractivity contribution is 8.00. The Kier molecular flexibility index (Phi) is 6.17. The average molecular weight is 370 g/mol. The molecule has 2 heterocycles. The molecule has 1 atom stereocenters. The van der Waals surface area contributed by atoms with Crippen molar-refractivity contribution in [3.8, 4) is 11.5 Å². The van der Waals surface area contributed by atoms with Gasteiger partial charge in [-0.25, -0.2) is 0 Å². The molecule has 1 aliphatic rings. The van der Waals surface area contributed by atoms with E-state index in [1.807, 2.05) is 48.2 Å². The van der Waals surface area contributed by atoms with Gasteiger partial charge in [0.1, 0.15) is 0 Å². The van der Waals surface area contributed by atoms with Crippen LogP contribution in [0, 0.1) is 0 Å². The van der Waals surface area contributed by atoms with E-state index in [-0.39, 0.29) is 18.0 Å². The highest BCUT2D eigenvalue weighted by atomic mass is 32.2. The Balaban J connectivity index is 1.77. The molecule has 0 bridgehead atoms. The van der Waals surface area contributed by atoms with E-state index in [9.17, 15) is 4.79 Å². The zero-order chi connectivity index (χ0) is 18.4. The van der Waals surface area contributed by atoms with E-state index >= 15 is 0 Å². The van der Waals surface area contributed by atoms with Crippen molar-refractivity contribution in [2.45, 2.75) is 25.3 Å². The summed E-state index contributed by atoms with van der Waals surface area (Å²) in [5.74, 6) is 2.31. The van der Waals surface area contributed by atoms with Gasteiger partial charge in [-0.1, -0.05) is 18.2 Å². The third-order valence-electron chi connectivity index (χ3n) is 4.03. The van der Waals surface area contributed by atoms with Crippen LogP contribution in [0.2, 0.25) is 0 Å². The van der Waals surface area contributed by atoms with E-state index in [4.69, 9.17) is 9.47 Å². The van der Waals surface area contributed by atoms with Crippen LogP contribution in [0.25, 0.3) is 0 Å². The second-order valence-electron chi connectivity index (χ2n) is 6.01. The maximum atomic E-state index is 13.0. The normalized spacial score (nSPS) is 13.3. The molecule has 0 unspecified atom stereocenters. The molecule has 0 saturated carbocycles. The summed E-state index contributed by atoms with van der Waals surface area (Å²) in [6.07, 6.45) is 5.34.